The van der Waals surface area contributed by atoms with Gasteiger partial charge in [-0.1, -0.05) is 0 Å². The number of carbonyl (C=O) groups is 1. The van der Waals surface area contributed by atoms with Crippen LogP contribution < -0.4 is 11.1 Å². The second kappa shape index (κ2) is 5.43. The first-order chi connectivity index (χ1) is 9.79. The van der Waals surface area contributed by atoms with Crippen molar-refractivity contribution in [1.29, 1.82) is 0 Å². The van der Waals surface area contributed by atoms with Crippen LogP contribution in [0.3, 0.4) is 0 Å². The molecule has 2 aromatic rings. The number of H-pyrrole nitrogens is 1. The van der Waals surface area contributed by atoms with Crippen molar-refractivity contribution < 1.29 is 18.0 Å². The summed E-state index contributed by atoms with van der Waals surface area (Å²) in [5, 5.41) is 9.06. The molecule has 2 aromatic heterocycles. The highest BCUT2D eigenvalue weighted by molar-refractivity contribution is 5.97. The van der Waals surface area contributed by atoms with Gasteiger partial charge in [0.25, 0.3) is 5.91 Å². The molecular formula is C12H12F3N5O. The molecule has 0 saturated heterocycles. The molecule has 0 aliphatic heterocycles. The third kappa shape index (κ3) is 3.30. The van der Waals surface area contributed by atoms with Gasteiger partial charge < -0.3 is 11.1 Å². The van der Waals surface area contributed by atoms with Crippen LogP contribution in [-0.4, -0.2) is 21.1 Å². The Hall–Kier alpha value is -2.58. The van der Waals surface area contributed by atoms with E-state index in [0.717, 1.165) is 6.07 Å². The number of primary amides is 1. The van der Waals surface area contributed by atoms with Gasteiger partial charge in [-0.05, 0) is 19.1 Å². The predicted molar refractivity (Wildman–Crippen MR) is 68.4 cm³/mol. The highest BCUT2D eigenvalue weighted by Crippen LogP contribution is 2.30. The quantitative estimate of drug-likeness (QED) is 0.805. The van der Waals surface area contributed by atoms with Crippen molar-refractivity contribution in [2.24, 2.45) is 5.73 Å². The van der Waals surface area contributed by atoms with Crippen molar-refractivity contribution in [2.45, 2.75) is 19.1 Å². The van der Waals surface area contributed by atoms with Crippen LogP contribution in [0.15, 0.2) is 24.5 Å². The minimum atomic E-state index is -4.61. The van der Waals surface area contributed by atoms with Crippen LogP contribution >= 0.6 is 0 Å². The zero-order chi connectivity index (χ0) is 15.6. The number of anilines is 1. The minimum absolute atomic E-state index is 0.113. The topological polar surface area (TPSA) is 96.7 Å². The van der Waals surface area contributed by atoms with E-state index in [1.807, 2.05) is 0 Å². The number of alkyl halides is 3. The summed E-state index contributed by atoms with van der Waals surface area (Å²) < 4.78 is 38.1. The van der Waals surface area contributed by atoms with Gasteiger partial charge in [0.05, 0.1) is 17.8 Å². The Morgan fingerprint density at radius 3 is 2.67 bits per heavy atom. The first-order valence-electron chi connectivity index (χ1n) is 5.92. The molecule has 0 bridgehead atoms. The van der Waals surface area contributed by atoms with Crippen molar-refractivity contribution in [1.82, 2.24) is 15.2 Å². The van der Waals surface area contributed by atoms with E-state index in [1.54, 1.807) is 13.1 Å². The van der Waals surface area contributed by atoms with Crippen LogP contribution in [0.4, 0.5) is 19.0 Å². The van der Waals surface area contributed by atoms with Gasteiger partial charge in [-0.25, -0.2) is 4.98 Å². The van der Waals surface area contributed by atoms with Gasteiger partial charge in [0.2, 0.25) is 0 Å². The Balaban J connectivity index is 2.37. The molecule has 112 valence electrons. The fourth-order valence-corrected chi connectivity index (χ4v) is 1.71. The van der Waals surface area contributed by atoms with E-state index in [4.69, 9.17) is 5.73 Å². The van der Waals surface area contributed by atoms with Gasteiger partial charge in [-0.15, -0.1) is 0 Å². The molecule has 0 aliphatic carbocycles. The maximum Gasteiger partial charge on any atom is 0.433 e. The van der Waals surface area contributed by atoms with E-state index in [2.05, 4.69) is 20.5 Å². The fraction of sp³-hybridized carbons (Fsp3) is 0.250. The Kier molecular flexibility index (Phi) is 3.83. The lowest BCUT2D eigenvalue weighted by Gasteiger charge is -2.16. The summed E-state index contributed by atoms with van der Waals surface area (Å²) in [5.41, 5.74) is 4.63. The average molecular weight is 299 g/mol. The summed E-state index contributed by atoms with van der Waals surface area (Å²) in [6.07, 6.45) is -1.52. The highest BCUT2D eigenvalue weighted by Gasteiger charge is 2.33. The van der Waals surface area contributed by atoms with Crippen LogP contribution in [0, 0.1) is 0 Å². The number of aromatic nitrogens is 3. The molecule has 1 unspecified atom stereocenters. The van der Waals surface area contributed by atoms with Crippen molar-refractivity contribution >= 4 is 11.7 Å². The number of pyridine rings is 1. The smallest absolute Gasteiger partial charge is 0.365 e. The molecule has 0 spiro atoms. The van der Waals surface area contributed by atoms with E-state index < -0.39 is 23.8 Å². The summed E-state index contributed by atoms with van der Waals surface area (Å²) in [6.45, 7) is 1.69. The number of hydrogen-bond acceptors (Lipinski definition) is 4. The fourth-order valence-electron chi connectivity index (χ4n) is 1.71. The number of aromatic amines is 1. The molecule has 0 radical (unpaired) electrons. The van der Waals surface area contributed by atoms with Crippen LogP contribution in [0.25, 0.3) is 0 Å². The SMILES string of the molecule is CC(Nc1nc(C(F)(F)F)ccc1C(N)=O)c1cn[nH]c1. The van der Waals surface area contributed by atoms with Gasteiger partial charge >= 0.3 is 6.18 Å². The second-order valence-electron chi connectivity index (χ2n) is 4.35. The van der Waals surface area contributed by atoms with E-state index in [9.17, 15) is 18.0 Å². The molecule has 2 rings (SSSR count). The van der Waals surface area contributed by atoms with Gasteiger partial charge in [0.15, 0.2) is 0 Å². The van der Waals surface area contributed by atoms with E-state index in [1.165, 1.54) is 6.20 Å². The normalized spacial score (nSPS) is 13.0. The third-order valence-corrected chi connectivity index (χ3v) is 2.82. The Morgan fingerprint density at radius 2 is 2.14 bits per heavy atom. The molecule has 0 saturated carbocycles. The summed E-state index contributed by atoms with van der Waals surface area (Å²) in [7, 11) is 0. The van der Waals surface area contributed by atoms with Crippen molar-refractivity contribution in [2.75, 3.05) is 5.32 Å². The van der Waals surface area contributed by atoms with Crippen LogP contribution in [0.1, 0.15) is 34.6 Å². The molecule has 0 aliphatic rings. The molecular weight excluding hydrogens is 287 g/mol. The summed E-state index contributed by atoms with van der Waals surface area (Å²) in [4.78, 5) is 14.7. The third-order valence-electron chi connectivity index (χ3n) is 2.82. The number of nitrogens with zero attached hydrogens (tertiary/aromatic N) is 2. The molecule has 4 N–H and O–H groups in total. The van der Waals surface area contributed by atoms with Crippen LogP contribution in [0.2, 0.25) is 0 Å². The van der Waals surface area contributed by atoms with Crippen molar-refractivity contribution in [3.63, 3.8) is 0 Å². The molecule has 1 amide bonds. The van der Waals surface area contributed by atoms with Gasteiger partial charge in [-0.2, -0.15) is 18.3 Å². The monoisotopic (exact) mass is 299 g/mol. The zero-order valence-corrected chi connectivity index (χ0v) is 10.9. The first-order valence-corrected chi connectivity index (χ1v) is 5.92. The van der Waals surface area contributed by atoms with Gasteiger partial charge in [-0.3, -0.25) is 9.89 Å². The summed E-state index contributed by atoms with van der Waals surface area (Å²) in [6, 6.07) is 1.31. The molecule has 1 atom stereocenters. The van der Waals surface area contributed by atoms with E-state index >= 15 is 0 Å². The number of nitrogens with two attached hydrogens (primary N) is 1. The molecule has 0 fully saturated rings. The maximum absolute atomic E-state index is 12.7. The number of halogens is 3. The second-order valence-corrected chi connectivity index (χ2v) is 4.35. The first kappa shape index (κ1) is 14.8. The molecule has 21 heavy (non-hydrogen) atoms. The average Bonchev–Trinajstić information content (AvgIpc) is 2.91. The number of hydrogen-bond donors (Lipinski definition) is 3. The van der Waals surface area contributed by atoms with Gasteiger partial charge in [0.1, 0.15) is 11.5 Å². The number of nitrogens with one attached hydrogen (secondary N) is 2. The lowest BCUT2D eigenvalue weighted by Crippen LogP contribution is -2.19. The van der Waals surface area contributed by atoms with Crippen LogP contribution in [-0.2, 0) is 6.18 Å². The predicted octanol–water partition coefficient (Wildman–Crippen LogP) is 2.10. The van der Waals surface area contributed by atoms with E-state index in [-0.39, 0.29) is 11.4 Å². The van der Waals surface area contributed by atoms with Crippen molar-refractivity contribution in [3.05, 3.63) is 41.3 Å². The standard InChI is InChI=1S/C12H12F3N5O/c1-6(7-4-17-18-5-7)19-11-8(10(16)21)2-3-9(20-11)12(13,14)15/h2-6H,1H3,(H2,16,21)(H,17,18)(H,19,20). The lowest BCUT2D eigenvalue weighted by atomic mass is 10.1. The highest BCUT2D eigenvalue weighted by atomic mass is 19.4. The Bertz CT molecular complexity index is 639. The Morgan fingerprint density at radius 1 is 1.43 bits per heavy atom. The molecule has 0 aromatic carbocycles. The zero-order valence-electron chi connectivity index (χ0n) is 10.9. The Labute approximate surface area is 117 Å². The lowest BCUT2D eigenvalue weighted by molar-refractivity contribution is -0.141. The maximum atomic E-state index is 12.7. The van der Waals surface area contributed by atoms with Crippen LogP contribution in [0.5, 0.6) is 0 Å². The molecule has 9 heteroatoms. The summed E-state index contributed by atoms with van der Waals surface area (Å²) >= 11 is 0. The minimum Gasteiger partial charge on any atom is -0.365 e. The number of amides is 1. The molecule has 2 heterocycles. The largest absolute Gasteiger partial charge is 0.433 e. The number of carbonyl (C=O) groups excluding carboxylic acids is 1. The van der Waals surface area contributed by atoms with Crippen molar-refractivity contribution in [3.8, 4) is 0 Å². The summed E-state index contributed by atoms with van der Waals surface area (Å²) in [5.74, 6) is -1.08. The molecule has 6 nitrogen and oxygen atoms in total. The number of rotatable bonds is 4. The van der Waals surface area contributed by atoms with E-state index in [0.29, 0.717) is 11.6 Å². The van der Waals surface area contributed by atoms with Gasteiger partial charge in [0, 0.05) is 11.8 Å².